The van der Waals surface area contributed by atoms with Crippen molar-refractivity contribution in [1.82, 2.24) is 0 Å². The van der Waals surface area contributed by atoms with Gasteiger partial charge in [0.25, 0.3) is 0 Å². The van der Waals surface area contributed by atoms with Gasteiger partial charge in [-0.1, -0.05) is 12.1 Å². The van der Waals surface area contributed by atoms with Crippen LogP contribution in [0.25, 0.3) is 0 Å². The number of hydrogen-bond donors (Lipinski definition) is 1. The van der Waals surface area contributed by atoms with Gasteiger partial charge in [-0.15, -0.1) is 11.3 Å². The molecular formula is C15H15FINS. The molecular weight excluding hydrogens is 372 g/mol. The van der Waals surface area contributed by atoms with Crippen molar-refractivity contribution in [3.05, 3.63) is 49.0 Å². The number of nitrogens with one attached hydrogen (secondary N) is 1. The van der Waals surface area contributed by atoms with Crippen molar-refractivity contribution in [3.63, 3.8) is 0 Å². The molecule has 4 heteroatoms. The van der Waals surface area contributed by atoms with Gasteiger partial charge in [-0.05, 0) is 72.0 Å². The highest BCUT2D eigenvalue weighted by atomic mass is 127. The molecule has 1 nitrogen and oxygen atoms in total. The second-order valence-electron chi connectivity index (χ2n) is 4.95. The van der Waals surface area contributed by atoms with Crippen LogP contribution in [0.4, 0.5) is 10.1 Å². The number of anilines is 1. The average molecular weight is 387 g/mol. The molecule has 1 aliphatic carbocycles. The van der Waals surface area contributed by atoms with E-state index in [-0.39, 0.29) is 11.9 Å². The molecule has 19 heavy (non-hydrogen) atoms. The van der Waals surface area contributed by atoms with E-state index in [0.29, 0.717) is 5.69 Å². The number of thiophene rings is 1. The van der Waals surface area contributed by atoms with E-state index in [4.69, 9.17) is 0 Å². The smallest absolute Gasteiger partial charge is 0.146 e. The molecule has 0 radical (unpaired) electrons. The van der Waals surface area contributed by atoms with Crippen molar-refractivity contribution in [1.29, 1.82) is 0 Å². The molecule has 100 valence electrons. The zero-order chi connectivity index (χ0) is 13.4. The molecule has 0 saturated carbocycles. The van der Waals surface area contributed by atoms with E-state index in [0.717, 1.165) is 18.4 Å². The molecule has 1 unspecified atom stereocenters. The summed E-state index contributed by atoms with van der Waals surface area (Å²) in [6.45, 7) is 1.95. The summed E-state index contributed by atoms with van der Waals surface area (Å²) in [5.74, 6) is -0.156. The minimum atomic E-state index is -0.156. The van der Waals surface area contributed by atoms with E-state index in [1.807, 2.05) is 24.3 Å². The molecule has 0 aliphatic heterocycles. The van der Waals surface area contributed by atoms with Gasteiger partial charge in [0.05, 0.1) is 14.6 Å². The van der Waals surface area contributed by atoms with Crippen LogP contribution in [0, 0.1) is 15.6 Å². The Balaban J connectivity index is 1.92. The summed E-state index contributed by atoms with van der Waals surface area (Å²) in [6, 6.07) is 7.73. The number of para-hydroxylation sites is 1. The highest BCUT2D eigenvalue weighted by Crippen LogP contribution is 2.38. The quantitative estimate of drug-likeness (QED) is 0.691. The van der Waals surface area contributed by atoms with Crippen molar-refractivity contribution in [2.45, 2.75) is 32.2 Å². The van der Waals surface area contributed by atoms with Crippen LogP contribution in [0.1, 0.15) is 34.9 Å². The van der Waals surface area contributed by atoms with Gasteiger partial charge >= 0.3 is 0 Å². The molecule has 1 aromatic heterocycles. The number of aryl methyl sites for hydroxylation is 2. The summed E-state index contributed by atoms with van der Waals surface area (Å²) < 4.78 is 15.2. The minimum absolute atomic E-state index is 0.156. The Kier molecular flexibility index (Phi) is 3.80. The molecule has 1 N–H and O–H groups in total. The van der Waals surface area contributed by atoms with E-state index < -0.39 is 0 Å². The third kappa shape index (κ3) is 2.65. The maximum atomic E-state index is 13.9. The Morgan fingerprint density at radius 3 is 3.05 bits per heavy atom. The topological polar surface area (TPSA) is 12.0 Å². The molecule has 0 bridgehead atoms. The van der Waals surface area contributed by atoms with Crippen molar-refractivity contribution < 1.29 is 4.39 Å². The first-order valence-corrected chi connectivity index (χ1v) is 8.34. The molecule has 1 atom stereocenters. The third-order valence-electron chi connectivity index (χ3n) is 3.62. The van der Waals surface area contributed by atoms with Crippen molar-refractivity contribution in [2.24, 2.45) is 0 Å². The van der Waals surface area contributed by atoms with Crippen LogP contribution in [-0.2, 0) is 6.42 Å². The number of benzene rings is 1. The predicted molar refractivity (Wildman–Crippen MR) is 87.5 cm³/mol. The third-order valence-corrected chi connectivity index (χ3v) is 5.60. The molecule has 0 saturated heterocycles. The molecule has 1 aromatic carbocycles. The van der Waals surface area contributed by atoms with E-state index in [1.54, 1.807) is 6.07 Å². The van der Waals surface area contributed by atoms with Gasteiger partial charge in [0.2, 0.25) is 0 Å². The standard InChI is InChI=1S/C15H15FINS/c1-9-4-2-5-11(16)15(9)18-12-6-3-7-13-10(12)8-14(17)19-13/h2,4-5,8,12,18H,3,6-7H2,1H3. The molecule has 3 rings (SSSR count). The first-order chi connectivity index (χ1) is 9.15. The minimum Gasteiger partial charge on any atom is -0.376 e. The van der Waals surface area contributed by atoms with Crippen LogP contribution < -0.4 is 5.32 Å². The van der Waals surface area contributed by atoms with Gasteiger partial charge in [0.1, 0.15) is 5.82 Å². The lowest BCUT2D eigenvalue weighted by Crippen LogP contribution is -2.17. The Bertz CT molecular complexity index is 588. The Labute approximate surface area is 130 Å². The van der Waals surface area contributed by atoms with E-state index >= 15 is 0 Å². The molecule has 1 aliphatic rings. The zero-order valence-corrected chi connectivity index (χ0v) is 13.6. The SMILES string of the molecule is Cc1cccc(F)c1NC1CCCc2sc(I)cc21. The van der Waals surface area contributed by atoms with Gasteiger partial charge in [-0.3, -0.25) is 0 Å². The monoisotopic (exact) mass is 387 g/mol. The molecule has 0 spiro atoms. The first-order valence-electron chi connectivity index (χ1n) is 6.45. The van der Waals surface area contributed by atoms with Gasteiger partial charge in [0, 0.05) is 4.88 Å². The number of fused-ring (bicyclic) bond motifs is 1. The lowest BCUT2D eigenvalue weighted by Gasteiger charge is -2.25. The fourth-order valence-corrected chi connectivity index (χ4v) is 4.78. The number of hydrogen-bond acceptors (Lipinski definition) is 2. The van der Waals surface area contributed by atoms with Gasteiger partial charge in [0.15, 0.2) is 0 Å². The summed E-state index contributed by atoms with van der Waals surface area (Å²) in [6.07, 6.45) is 3.42. The summed E-state index contributed by atoms with van der Waals surface area (Å²) in [4.78, 5) is 1.46. The second-order valence-corrected chi connectivity index (χ2v) is 7.98. The molecule has 0 amide bonds. The maximum absolute atomic E-state index is 13.9. The Morgan fingerprint density at radius 2 is 2.26 bits per heavy atom. The summed E-state index contributed by atoms with van der Waals surface area (Å²) >= 11 is 4.24. The lowest BCUT2D eigenvalue weighted by molar-refractivity contribution is 0.591. The molecule has 0 fully saturated rings. The highest BCUT2D eigenvalue weighted by Gasteiger charge is 2.23. The predicted octanol–water partition coefficient (Wildman–Crippen LogP) is 5.29. The second kappa shape index (κ2) is 5.40. The number of halogens is 2. The van der Waals surface area contributed by atoms with Crippen LogP contribution in [0.3, 0.4) is 0 Å². The summed E-state index contributed by atoms with van der Waals surface area (Å²) in [5.41, 5.74) is 2.99. The van der Waals surface area contributed by atoms with Crippen LogP contribution in [0.15, 0.2) is 24.3 Å². The fourth-order valence-electron chi connectivity index (χ4n) is 2.66. The summed E-state index contributed by atoms with van der Waals surface area (Å²) in [5, 5.41) is 3.42. The van der Waals surface area contributed by atoms with E-state index in [9.17, 15) is 4.39 Å². The lowest BCUT2D eigenvalue weighted by atomic mass is 9.93. The van der Waals surface area contributed by atoms with Gasteiger partial charge in [-0.2, -0.15) is 0 Å². The van der Waals surface area contributed by atoms with Crippen LogP contribution >= 0.6 is 33.9 Å². The van der Waals surface area contributed by atoms with Crippen molar-refractivity contribution in [3.8, 4) is 0 Å². The average Bonchev–Trinajstić information content (AvgIpc) is 2.75. The Hall–Kier alpha value is -0.620. The van der Waals surface area contributed by atoms with Gasteiger partial charge in [-0.25, -0.2) is 4.39 Å². The highest BCUT2D eigenvalue weighted by molar-refractivity contribution is 14.1. The van der Waals surface area contributed by atoms with Crippen molar-refractivity contribution >= 4 is 39.6 Å². The van der Waals surface area contributed by atoms with Crippen molar-refractivity contribution in [2.75, 3.05) is 5.32 Å². The van der Waals surface area contributed by atoms with Gasteiger partial charge < -0.3 is 5.32 Å². The zero-order valence-electron chi connectivity index (χ0n) is 10.7. The normalized spacial score (nSPS) is 18.2. The van der Waals surface area contributed by atoms with E-state index in [2.05, 4.69) is 34.0 Å². The fraction of sp³-hybridized carbons (Fsp3) is 0.333. The van der Waals surface area contributed by atoms with E-state index in [1.165, 1.54) is 25.8 Å². The molecule has 2 aromatic rings. The number of rotatable bonds is 2. The van der Waals surface area contributed by atoms with Crippen LogP contribution in [0.2, 0.25) is 0 Å². The van der Waals surface area contributed by atoms with Crippen LogP contribution in [-0.4, -0.2) is 0 Å². The largest absolute Gasteiger partial charge is 0.376 e. The first kappa shape index (κ1) is 13.4. The molecule has 1 heterocycles. The van der Waals surface area contributed by atoms with Crippen LogP contribution in [0.5, 0.6) is 0 Å². The maximum Gasteiger partial charge on any atom is 0.146 e. The Morgan fingerprint density at radius 1 is 1.42 bits per heavy atom. The summed E-state index contributed by atoms with van der Waals surface area (Å²) in [7, 11) is 0.